The second-order valence-corrected chi connectivity index (χ2v) is 9.20. The van der Waals surface area contributed by atoms with Crippen LogP contribution in [0.5, 0.6) is 0 Å². The van der Waals surface area contributed by atoms with E-state index < -0.39 is 22.0 Å². The number of sulfonamides is 1. The van der Waals surface area contributed by atoms with Crippen LogP contribution in [0.3, 0.4) is 0 Å². The number of anilines is 2. The number of rotatable bonds is 6. The molecule has 5 nitrogen and oxygen atoms in total. The standard InChI is InChI=1S/C17H18Cl2N2O3S2/c1-11(17(22)20-14-5-4-6-16(10-14)25-2)21(26(3,23)24)15-8-12(18)7-13(19)9-15/h4-11H,1-3H3,(H,20,22). The molecule has 9 heteroatoms. The Hall–Kier alpha value is -1.41. The maximum Gasteiger partial charge on any atom is 0.247 e. The number of hydrogen-bond donors (Lipinski definition) is 1. The van der Waals surface area contributed by atoms with Gasteiger partial charge in [0.15, 0.2) is 0 Å². The summed E-state index contributed by atoms with van der Waals surface area (Å²) in [4.78, 5) is 13.6. The minimum Gasteiger partial charge on any atom is -0.324 e. The molecule has 0 fully saturated rings. The molecular formula is C17H18Cl2N2O3S2. The first-order chi connectivity index (χ1) is 12.1. The highest BCUT2D eigenvalue weighted by atomic mass is 35.5. The molecule has 2 aromatic rings. The lowest BCUT2D eigenvalue weighted by atomic mass is 10.2. The van der Waals surface area contributed by atoms with Crippen molar-refractivity contribution in [3.8, 4) is 0 Å². The van der Waals surface area contributed by atoms with Gasteiger partial charge in [0, 0.05) is 20.6 Å². The molecule has 26 heavy (non-hydrogen) atoms. The maximum absolute atomic E-state index is 12.7. The molecule has 0 saturated heterocycles. The predicted octanol–water partition coefficient (Wildman–Crippen LogP) is 4.51. The van der Waals surface area contributed by atoms with E-state index in [0.717, 1.165) is 15.5 Å². The van der Waals surface area contributed by atoms with Crippen molar-refractivity contribution in [1.82, 2.24) is 0 Å². The molecule has 0 bridgehead atoms. The Morgan fingerprint density at radius 3 is 2.31 bits per heavy atom. The van der Waals surface area contributed by atoms with Crippen molar-refractivity contribution in [3.63, 3.8) is 0 Å². The van der Waals surface area contributed by atoms with Crippen LogP contribution in [0, 0.1) is 0 Å². The molecule has 1 atom stereocenters. The first-order valence-corrected chi connectivity index (χ1v) is 11.3. The van der Waals surface area contributed by atoms with E-state index in [2.05, 4.69) is 5.32 Å². The number of nitrogens with zero attached hydrogens (tertiary/aromatic N) is 1. The fourth-order valence-electron chi connectivity index (χ4n) is 2.42. The molecule has 0 saturated carbocycles. The number of carbonyl (C=O) groups excluding carboxylic acids is 1. The van der Waals surface area contributed by atoms with Crippen molar-refractivity contribution in [2.75, 3.05) is 22.1 Å². The van der Waals surface area contributed by atoms with Gasteiger partial charge in [0.2, 0.25) is 15.9 Å². The largest absolute Gasteiger partial charge is 0.324 e. The SMILES string of the molecule is CSc1cccc(NC(=O)C(C)N(c2cc(Cl)cc(Cl)c2)S(C)(=O)=O)c1. The lowest BCUT2D eigenvalue weighted by Gasteiger charge is -2.28. The number of hydrogen-bond acceptors (Lipinski definition) is 4. The Labute approximate surface area is 167 Å². The summed E-state index contributed by atoms with van der Waals surface area (Å²) in [6.45, 7) is 1.50. The highest BCUT2D eigenvalue weighted by Crippen LogP contribution is 2.29. The molecular weight excluding hydrogens is 415 g/mol. The Morgan fingerprint density at radius 2 is 1.77 bits per heavy atom. The number of amides is 1. The number of benzene rings is 2. The van der Waals surface area contributed by atoms with Crippen LogP contribution in [-0.2, 0) is 14.8 Å². The second kappa shape index (κ2) is 8.52. The maximum atomic E-state index is 12.7. The predicted molar refractivity (Wildman–Crippen MR) is 110 cm³/mol. The Bertz CT molecular complexity index is 900. The highest BCUT2D eigenvalue weighted by molar-refractivity contribution is 7.98. The fraction of sp³-hybridized carbons (Fsp3) is 0.235. The van der Waals surface area contributed by atoms with Crippen molar-refractivity contribution < 1.29 is 13.2 Å². The third kappa shape index (κ3) is 5.30. The zero-order chi connectivity index (χ0) is 19.5. The van der Waals surface area contributed by atoms with Crippen molar-refractivity contribution in [2.45, 2.75) is 17.9 Å². The van der Waals surface area contributed by atoms with Crippen molar-refractivity contribution in [2.24, 2.45) is 0 Å². The van der Waals surface area contributed by atoms with Crippen LogP contribution in [0.25, 0.3) is 0 Å². The van der Waals surface area contributed by atoms with Crippen molar-refractivity contribution in [1.29, 1.82) is 0 Å². The van der Waals surface area contributed by atoms with E-state index in [1.807, 2.05) is 24.5 Å². The zero-order valence-corrected chi connectivity index (χ0v) is 17.5. The van der Waals surface area contributed by atoms with E-state index in [1.54, 1.807) is 17.8 Å². The quantitative estimate of drug-likeness (QED) is 0.681. The summed E-state index contributed by atoms with van der Waals surface area (Å²) < 4.78 is 25.6. The number of nitrogens with one attached hydrogen (secondary N) is 1. The van der Waals surface area contributed by atoms with Gasteiger partial charge in [-0.05, 0) is 49.6 Å². The summed E-state index contributed by atoms with van der Waals surface area (Å²) in [5.41, 5.74) is 0.816. The van der Waals surface area contributed by atoms with Gasteiger partial charge in [-0.2, -0.15) is 0 Å². The van der Waals surface area contributed by atoms with Gasteiger partial charge in [0.25, 0.3) is 0 Å². The summed E-state index contributed by atoms with van der Waals surface area (Å²) in [5, 5.41) is 3.30. The van der Waals surface area contributed by atoms with Crippen LogP contribution < -0.4 is 9.62 Å². The van der Waals surface area contributed by atoms with Crippen molar-refractivity contribution >= 4 is 62.3 Å². The molecule has 0 aromatic heterocycles. The number of thioether (sulfide) groups is 1. The zero-order valence-electron chi connectivity index (χ0n) is 14.4. The molecule has 0 radical (unpaired) electrons. The van der Waals surface area contributed by atoms with Gasteiger partial charge in [0.05, 0.1) is 11.9 Å². The van der Waals surface area contributed by atoms with Crippen LogP contribution >= 0.6 is 35.0 Å². The lowest BCUT2D eigenvalue weighted by Crippen LogP contribution is -2.45. The van der Waals surface area contributed by atoms with E-state index in [-0.39, 0.29) is 15.7 Å². The van der Waals surface area contributed by atoms with E-state index in [1.165, 1.54) is 25.1 Å². The van der Waals surface area contributed by atoms with Gasteiger partial charge in [-0.25, -0.2) is 8.42 Å². The first kappa shape index (κ1) is 20.9. The van der Waals surface area contributed by atoms with Crippen LogP contribution in [0.15, 0.2) is 47.4 Å². The van der Waals surface area contributed by atoms with Crippen LogP contribution in [0.1, 0.15) is 6.92 Å². The fourth-order valence-corrected chi connectivity index (χ4v) is 4.56. The van der Waals surface area contributed by atoms with E-state index in [9.17, 15) is 13.2 Å². The van der Waals surface area contributed by atoms with Gasteiger partial charge in [0.1, 0.15) is 6.04 Å². The van der Waals surface area contributed by atoms with Gasteiger partial charge in [-0.1, -0.05) is 29.3 Å². The van der Waals surface area contributed by atoms with Gasteiger partial charge < -0.3 is 5.32 Å². The summed E-state index contributed by atoms with van der Waals surface area (Å²) in [6.07, 6.45) is 2.96. The topological polar surface area (TPSA) is 66.5 Å². The molecule has 1 N–H and O–H groups in total. The molecule has 140 valence electrons. The van der Waals surface area contributed by atoms with Crippen molar-refractivity contribution in [3.05, 3.63) is 52.5 Å². The summed E-state index contributed by atoms with van der Waals surface area (Å²) >= 11 is 13.5. The summed E-state index contributed by atoms with van der Waals surface area (Å²) in [5.74, 6) is -0.468. The average Bonchev–Trinajstić information content (AvgIpc) is 2.52. The molecule has 0 heterocycles. The second-order valence-electron chi connectivity index (χ2n) is 5.58. The summed E-state index contributed by atoms with van der Waals surface area (Å²) in [6, 6.07) is 10.7. The molecule has 0 aliphatic rings. The monoisotopic (exact) mass is 432 g/mol. The molecule has 2 rings (SSSR count). The molecule has 1 unspecified atom stereocenters. The van der Waals surface area contributed by atoms with E-state index in [0.29, 0.717) is 5.69 Å². The van der Waals surface area contributed by atoms with E-state index >= 15 is 0 Å². The number of halogens is 2. The van der Waals surface area contributed by atoms with E-state index in [4.69, 9.17) is 23.2 Å². The molecule has 2 aromatic carbocycles. The third-order valence-electron chi connectivity index (χ3n) is 3.53. The molecule has 1 amide bonds. The molecule has 0 spiro atoms. The smallest absolute Gasteiger partial charge is 0.247 e. The average molecular weight is 433 g/mol. The summed E-state index contributed by atoms with van der Waals surface area (Å²) in [7, 11) is -3.75. The molecule has 0 aliphatic heterocycles. The minimum absolute atomic E-state index is 0.227. The van der Waals surface area contributed by atoms with Gasteiger partial charge in [-0.3, -0.25) is 9.10 Å². The highest BCUT2D eigenvalue weighted by Gasteiger charge is 2.29. The van der Waals surface area contributed by atoms with Crippen LogP contribution in [0.4, 0.5) is 11.4 Å². The van der Waals surface area contributed by atoms with Gasteiger partial charge >= 0.3 is 0 Å². The first-order valence-electron chi connectivity index (χ1n) is 7.52. The normalized spacial score (nSPS) is 12.5. The molecule has 0 aliphatic carbocycles. The lowest BCUT2D eigenvalue weighted by molar-refractivity contribution is -0.116. The Morgan fingerprint density at radius 1 is 1.15 bits per heavy atom. The Kier molecular flexibility index (Phi) is 6.85. The minimum atomic E-state index is -3.75. The van der Waals surface area contributed by atoms with Crippen LogP contribution in [0.2, 0.25) is 10.0 Å². The van der Waals surface area contributed by atoms with Gasteiger partial charge in [-0.15, -0.1) is 11.8 Å². The number of carbonyl (C=O) groups is 1. The third-order valence-corrected chi connectivity index (χ3v) is 5.93. The van der Waals surface area contributed by atoms with Crippen LogP contribution in [-0.4, -0.2) is 32.9 Å². The Balaban J connectivity index is 2.34.